The van der Waals surface area contributed by atoms with Crippen LogP contribution in [0.3, 0.4) is 0 Å². The Morgan fingerprint density at radius 2 is 1.74 bits per heavy atom. The van der Waals surface area contributed by atoms with Gasteiger partial charge in [-0.05, 0) is 70.8 Å². The Hall–Kier alpha value is -0.620. The summed E-state index contributed by atoms with van der Waals surface area (Å²) in [6.07, 6.45) is 1.77. The van der Waals surface area contributed by atoms with E-state index in [0.717, 1.165) is 17.9 Å². The second-order valence-corrected chi connectivity index (χ2v) is 6.21. The minimum atomic E-state index is 0.207. The van der Waals surface area contributed by atoms with Crippen LogP contribution in [0.4, 0.5) is 0 Å². The fourth-order valence-corrected chi connectivity index (χ4v) is 2.62. The summed E-state index contributed by atoms with van der Waals surface area (Å²) in [6, 6.07) is 16.6. The van der Waals surface area contributed by atoms with Crippen molar-refractivity contribution in [2.45, 2.75) is 18.9 Å². The lowest BCUT2D eigenvalue weighted by atomic mass is 9.99. The molecule has 0 aromatic heterocycles. The molecule has 0 bridgehead atoms. The van der Waals surface area contributed by atoms with Crippen LogP contribution in [0.25, 0.3) is 0 Å². The molecule has 1 unspecified atom stereocenters. The lowest BCUT2D eigenvalue weighted by Crippen LogP contribution is -2.38. The first-order chi connectivity index (χ1) is 9.17. The van der Waals surface area contributed by atoms with E-state index in [1.54, 1.807) is 0 Å². The molecule has 100 valence electrons. The zero-order valence-corrected chi connectivity index (χ0v) is 13.4. The summed E-state index contributed by atoms with van der Waals surface area (Å²) in [5, 5.41) is 0.766. The van der Waals surface area contributed by atoms with Crippen molar-refractivity contribution in [2.24, 2.45) is 5.84 Å². The van der Waals surface area contributed by atoms with E-state index in [0.29, 0.717) is 0 Å². The Labute approximate surface area is 132 Å². The molecule has 0 saturated heterocycles. The van der Waals surface area contributed by atoms with E-state index >= 15 is 0 Å². The van der Waals surface area contributed by atoms with Gasteiger partial charge in [-0.25, -0.2) is 0 Å². The first-order valence-electron chi connectivity index (χ1n) is 6.12. The number of hydrazine groups is 1. The summed E-state index contributed by atoms with van der Waals surface area (Å²) in [4.78, 5) is 0. The molecule has 0 fully saturated rings. The highest BCUT2D eigenvalue weighted by molar-refractivity contribution is 14.1. The fourth-order valence-electron chi connectivity index (χ4n) is 2.04. The molecule has 0 spiro atoms. The van der Waals surface area contributed by atoms with Crippen LogP contribution in [-0.4, -0.2) is 6.04 Å². The van der Waals surface area contributed by atoms with Gasteiger partial charge in [-0.1, -0.05) is 35.9 Å². The van der Waals surface area contributed by atoms with Crippen LogP contribution < -0.4 is 11.3 Å². The third-order valence-corrected chi connectivity index (χ3v) is 3.96. The average molecular weight is 387 g/mol. The first-order valence-corrected chi connectivity index (χ1v) is 7.58. The second kappa shape index (κ2) is 7.24. The molecule has 2 nitrogen and oxygen atoms in total. The van der Waals surface area contributed by atoms with Crippen LogP contribution in [0, 0.1) is 3.57 Å². The largest absolute Gasteiger partial charge is 0.271 e. The summed E-state index contributed by atoms with van der Waals surface area (Å²) in [6.45, 7) is 0. The highest BCUT2D eigenvalue weighted by atomic mass is 127. The summed E-state index contributed by atoms with van der Waals surface area (Å²) >= 11 is 8.30. The molecule has 2 aromatic carbocycles. The second-order valence-electron chi connectivity index (χ2n) is 4.53. The van der Waals surface area contributed by atoms with Gasteiger partial charge in [0.1, 0.15) is 0 Å². The molecule has 0 amide bonds. The van der Waals surface area contributed by atoms with Crippen molar-refractivity contribution in [1.82, 2.24) is 5.43 Å². The van der Waals surface area contributed by atoms with E-state index in [2.05, 4.69) is 58.3 Å². The number of hydrogen-bond donors (Lipinski definition) is 2. The molecule has 0 aliphatic heterocycles. The molecule has 0 aliphatic carbocycles. The summed E-state index contributed by atoms with van der Waals surface area (Å²) in [5.74, 6) is 5.65. The van der Waals surface area contributed by atoms with Crippen LogP contribution in [0.15, 0.2) is 48.5 Å². The molecule has 0 aliphatic rings. The van der Waals surface area contributed by atoms with Gasteiger partial charge < -0.3 is 0 Å². The van der Waals surface area contributed by atoms with Crippen LogP contribution in [0.5, 0.6) is 0 Å². The summed E-state index contributed by atoms with van der Waals surface area (Å²) in [5.41, 5.74) is 5.37. The SMILES string of the molecule is NNC(Cc1ccc(I)cc1)Cc1cccc(Cl)c1. The van der Waals surface area contributed by atoms with E-state index in [4.69, 9.17) is 17.4 Å². The number of rotatable bonds is 5. The maximum absolute atomic E-state index is 6.00. The van der Waals surface area contributed by atoms with E-state index in [1.165, 1.54) is 14.7 Å². The van der Waals surface area contributed by atoms with Gasteiger partial charge in [0.15, 0.2) is 0 Å². The fraction of sp³-hybridized carbons (Fsp3) is 0.200. The highest BCUT2D eigenvalue weighted by Crippen LogP contribution is 2.14. The van der Waals surface area contributed by atoms with Gasteiger partial charge in [0.05, 0.1) is 0 Å². The highest BCUT2D eigenvalue weighted by Gasteiger charge is 2.09. The van der Waals surface area contributed by atoms with Crippen molar-refractivity contribution in [3.05, 3.63) is 68.3 Å². The smallest absolute Gasteiger partial charge is 0.0408 e. The molecule has 4 heteroatoms. The van der Waals surface area contributed by atoms with Crippen molar-refractivity contribution >= 4 is 34.2 Å². The molecular weight excluding hydrogens is 371 g/mol. The van der Waals surface area contributed by atoms with Gasteiger partial charge in [-0.3, -0.25) is 11.3 Å². The van der Waals surface area contributed by atoms with Gasteiger partial charge >= 0.3 is 0 Å². The first kappa shape index (κ1) is 14.8. The molecule has 19 heavy (non-hydrogen) atoms. The molecule has 1 atom stereocenters. The maximum Gasteiger partial charge on any atom is 0.0408 e. The van der Waals surface area contributed by atoms with Crippen molar-refractivity contribution in [3.63, 3.8) is 0 Å². The number of nitrogens with one attached hydrogen (secondary N) is 1. The van der Waals surface area contributed by atoms with Crippen molar-refractivity contribution in [1.29, 1.82) is 0 Å². The van der Waals surface area contributed by atoms with Crippen molar-refractivity contribution < 1.29 is 0 Å². The van der Waals surface area contributed by atoms with Gasteiger partial charge in [0, 0.05) is 14.6 Å². The number of benzene rings is 2. The van der Waals surface area contributed by atoms with Crippen LogP contribution in [0.2, 0.25) is 5.02 Å². The molecule has 2 aromatic rings. The summed E-state index contributed by atoms with van der Waals surface area (Å²) < 4.78 is 1.24. The minimum Gasteiger partial charge on any atom is -0.271 e. The number of hydrogen-bond acceptors (Lipinski definition) is 2. The zero-order valence-electron chi connectivity index (χ0n) is 10.4. The van der Waals surface area contributed by atoms with Crippen LogP contribution >= 0.6 is 34.2 Å². The average Bonchev–Trinajstić information content (AvgIpc) is 2.40. The topological polar surface area (TPSA) is 38.0 Å². The van der Waals surface area contributed by atoms with Gasteiger partial charge in [0.2, 0.25) is 0 Å². The number of halogens is 2. The molecule has 0 saturated carbocycles. The third kappa shape index (κ3) is 4.76. The monoisotopic (exact) mass is 386 g/mol. The molecule has 0 heterocycles. The van der Waals surface area contributed by atoms with Crippen LogP contribution in [-0.2, 0) is 12.8 Å². The Balaban J connectivity index is 2.02. The zero-order chi connectivity index (χ0) is 13.7. The molecule has 0 radical (unpaired) electrons. The van der Waals surface area contributed by atoms with E-state index in [1.807, 2.05) is 18.2 Å². The van der Waals surface area contributed by atoms with E-state index < -0.39 is 0 Å². The number of nitrogens with two attached hydrogens (primary N) is 1. The Morgan fingerprint density at radius 1 is 1.05 bits per heavy atom. The Kier molecular flexibility index (Phi) is 5.63. The van der Waals surface area contributed by atoms with Gasteiger partial charge in [-0.15, -0.1) is 0 Å². The van der Waals surface area contributed by atoms with Gasteiger partial charge in [0.25, 0.3) is 0 Å². The Morgan fingerprint density at radius 3 is 2.37 bits per heavy atom. The van der Waals surface area contributed by atoms with Crippen molar-refractivity contribution in [2.75, 3.05) is 0 Å². The van der Waals surface area contributed by atoms with Gasteiger partial charge in [-0.2, -0.15) is 0 Å². The van der Waals surface area contributed by atoms with Crippen molar-refractivity contribution in [3.8, 4) is 0 Å². The van der Waals surface area contributed by atoms with Crippen LogP contribution in [0.1, 0.15) is 11.1 Å². The normalized spacial score (nSPS) is 12.4. The van der Waals surface area contributed by atoms with E-state index in [-0.39, 0.29) is 6.04 Å². The lowest BCUT2D eigenvalue weighted by molar-refractivity contribution is 0.522. The quantitative estimate of drug-likeness (QED) is 0.468. The predicted octanol–water partition coefficient (Wildman–Crippen LogP) is 3.56. The molecule has 3 N–H and O–H groups in total. The standard InChI is InChI=1S/C15H16ClIN2/c16-13-3-1-2-12(8-13)10-15(19-18)9-11-4-6-14(17)7-5-11/h1-8,15,19H,9-10,18H2. The minimum absolute atomic E-state index is 0.207. The molecule has 2 rings (SSSR count). The van der Waals surface area contributed by atoms with E-state index in [9.17, 15) is 0 Å². The predicted molar refractivity (Wildman–Crippen MR) is 89.1 cm³/mol. The molecular formula is C15H16ClIN2. The maximum atomic E-state index is 6.00. The summed E-state index contributed by atoms with van der Waals surface area (Å²) in [7, 11) is 0. The third-order valence-electron chi connectivity index (χ3n) is 3.00. The Bertz CT molecular complexity index is 528. The lowest BCUT2D eigenvalue weighted by Gasteiger charge is -2.16.